The van der Waals surface area contributed by atoms with E-state index >= 15 is 0 Å². The van der Waals surface area contributed by atoms with E-state index in [1.165, 1.54) is 6.20 Å². The van der Waals surface area contributed by atoms with E-state index in [4.69, 9.17) is 9.47 Å². The number of nitrogens with zero attached hydrogens (tertiary/aromatic N) is 1. The summed E-state index contributed by atoms with van der Waals surface area (Å²) in [6, 6.07) is 1.76. The predicted octanol–water partition coefficient (Wildman–Crippen LogP) is 2.40. The van der Waals surface area contributed by atoms with Crippen LogP contribution in [0.2, 0.25) is 0 Å². The van der Waals surface area contributed by atoms with Gasteiger partial charge in [-0.3, -0.25) is 4.79 Å². The zero-order chi connectivity index (χ0) is 12.5. The second kappa shape index (κ2) is 7.79. The largest absolute Gasteiger partial charge is 0.475 e. The molecule has 0 saturated heterocycles. The molecule has 0 aliphatic heterocycles. The maximum absolute atomic E-state index is 10.5. The fraction of sp³-hybridized carbons (Fsp3) is 0.538. The zero-order valence-electron chi connectivity index (χ0n) is 10.4. The molecule has 0 amide bonds. The first-order valence-electron chi connectivity index (χ1n) is 5.90. The summed E-state index contributed by atoms with van der Waals surface area (Å²) >= 11 is 0. The van der Waals surface area contributed by atoms with Gasteiger partial charge in [-0.05, 0) is 19.4 Å². The number of carbonyl (C=O) groups excluding carboxylic acids is 1. The van der Waals surface area contributed by atoms with Crippen LogP contribution in [0.5, 0.6) is 5.88 Å². The molecule has 0 N–H and O–H groups in total. The highest BCUT2D eigenvalue weighted by molar-refractivity contribution is 5.74. The summed E-state index contributed by atoms with van der Waals surface area (Å²) in [5, 5.41) is 0. The van der Waals surface area contributed by atoms with Crippen molar-refractivity contribution >= 4 is 6.29 Å². The van der Waals surface area contributed by atoms with Crippen LogP contribution in [0.15, 0.2) is 12.3 Å². The molecule has 0 bridgehead atoms. The second-order valence-corrected chi connectivity index (χ2v) is 3.82. The maximum atomic E-state index is 10.5. The lowest BCUT2D eigenvalue weighted by Gasteiger charge is -2.08. The summed E-state index contributed by atoms with van der Waals surface area (Å²) in [5.74, 6) is 0.565. The van der Waals surface area contributed by atoms with Crippen LogP contribution in [0.25, 0.3) is 0 Å². The Kier molecular flexibility index (Phi) is 6.25. The molecule has 0 atom stereocenters. The van der Waals surface area contributed by atoms with E-state index in [2.05, 4.69) is 11.9 Å². The van der Waals surface area contributed by atoms with Crippen molar-refractivity contribution in [2.45, 2.75) is 26.7 Å². The molecule has 1 heterocycles. The van der Waals surface area contributed by atoms with Crippen LogP contribution in [0.1, 0.15) is 35.7 Å². The Morgan fingerprint density at radius 2 is 2.18 bits per heavy atom. The van der Waals surface area contributed by atoms with Crippen molar-refractivity contribution in [3.63, 3.8) is 0 Å². The Morgan fingerprint density at radius 3 is 2.82 bits per heavy atom. The first-order valence-corrected chi connectivity index (χ1v) is 5.90. The molecule has 4 heteroatoms. The first kappa shape index (κ1) is 13.6. The van der Waals surface area contributed by atoms with Gasteiger partial charge in [0.25, 0.3) is 0 Å². The second-order valence-electron chi connectivity index (χ2n) is 3.82. The highest BCUT2D eigenvalue weighted by Gasteiger charge is 2.02. The highest BCUT2D eigenvalue weighted by atomic mass is 16.5. The fourth-order valence-corrected chi connectivity index (χ4v) is 1.35. The highest BCUT2D eigenvalue weighted by Crippen LogP contribution is 2.14. The van der Waals surface area contributed by atoms with E-state index in [1.54, 1.807) is 6.07 Å². The van der Waals surface area contributed by atoms with Gasteiger partial charge in [-0.1, -0.05) is 13.3 Å². The van der Waals surface area contributed by atoms with Gasteiger partial charge in [-0.2, -0.15) is 0 Å². The first-order chi connectivity index (χ1) is 8.27. The molecule has 4 nitrogen and oxygen atoms in total. The maximum Gasteiger partial charge on any atom is 0.216 e. The third-order valence-corrected chi connectivity index (χ3v) is 2.30. The van der Waals surface area contributed by atoms with Crippen molar-refractivity contribution in [3.8, 4) is 5.88 Å². The molecule has 0 saturated carbocycles. The number of rotatable bonds is 8. The quantitative estimate of drug-likeness (QED) is 0.514. The van der Waals surface area contributed by atoms with Gasteiger partial charge in [-0.15, -0.1) is 0 Å². The molecule has 0 radical (unpaired) electrons. The van der Waals surface area contributed by atoms with E-state index in [-0.39, 0.29) is 0 Å². The molecule has 0 fully saturated rings. The summed E-state index contributed by atoms with van der Waals surface area (Å²) < 4.78 is 10.8. The Balaban J connectivity index is 2.29. The van der Waals surface area contributed by atoms with Crippen LogP contribution in [0.4, 0.5) is 0 Å². The number of hydrogen-bond acceptors (Lipinski definition) is 4. The molecule has 17 heavy (non-hydrogen) atoms. The Hall–Kier alpha value is -1.42. The van der Waals surface area contributed by atoms with Crippen LogP contribution < -0.4 is 4.74 Å². The molecule has 1 aromatic heterocycles. The van der Waals surface area contributed by atoms with Crippen molar-refractivity contribution < 1.29 is 14.3 Å². The topological polar surface area (TPSA) is 48.4 Å². The van der Waals surface area contributed by atoms with Crippen LogP contribution in [0.3, 0.4) is 0 Å². The van der Waals surface area contributed by atoms with E-state index in [9.17, 15) is 4.79 Å². The van der Waals surface area contributed by atoms with Gasteiger partial charge in [0.05, 0.1) is 6.61 Å². The molecule has 0 aliphatic rings. The van der Waals surface area contributed by atoms with Gasteiger partial charge in [0.1, 0.15) is 6.61 Å². The molecular formula is C13H19NO3. The van der Waals surface area contributed by atoms with Gasteiger partial charge < -0.3 is 9.47 Å². The van der Waals surface area contributed by atoms with Crippen LogP contribution in [-0.4, -0.2) is 31.1 Å². The van der Waals surface area contributed by atoms with Crippen LogP contribution >= 0.6 is 0 Å². The third-order valence-electron chi connectivity index (χ3n) is 2.30. The average Bonchev–Trinajstić information content (AvgIpc) is 2.35. The molecule has 94 valence electrons. The lowest BCUT2D eigenvalue weighted by Crippen LogP contribution is -2.09. The summed E-state index contributed by atoms with van der Waals surface area (Å²) in [6.45, 7) is 5.82. The van der Waals surface area contributed by atoms with Gasteiger partial charge in [-0.25, -0.2) is 4.98 Å². The van der Waals surface area contributed by atoms with Crippen molar-refractivity contribution in [2.75, 3.05) is 19.8 Å². The third kappa shape index (κ3) is 4.95. The van der Waals surface area contributed by atoms with Crippen LogP contribution in [-0.2, 0) is 4.74 Å². The fourth-order valence-electron chi connectivity index (χ4n) is 1.35. The number of aromatic nitrogens is 1. The number of aryl methyl sites for hydroxylation is 1. The molecule has 1 rings (SSSR count). The standard InChI is InChI=1S/C13H19NO3/c1-3-4-5-16-6-7-17-13-11(2)8-12(10-15)9-14-13/h8-10H,3-7H2,1-2H3. The van der Waals surface area contributed by atoms with E-state index in [0.29, 0.717) is 24.7 Å². The Bertz CT molecular complexity index is 353. The smallest absolute Gasteiger partial charge is 0.216 e. The normalized spacial score (nSPS) is 10.2. The minimum absolute atomic E-state index is 0.484. The van der Waals surface area contributed by atoms with Gasteiger partial charge in [0.15, 0.2) is 6.29 Å². The summed E-state index contributed by atoms with van der Waals surface area (Å²) in [5.41, 5.74) is 1.43. The number of aldehydes is 1. The van der Waals surface area contributed by atoms with Crippen molar-refractivity contribution in [2.24, 2.45) is 0 Å². The molecular weight excluding hydrogens is 218 g/mol. The summed E-state index contributed by atoms with van der Waals surface area (Å²) in [4.78, 5) is 14.6. The minimum atomic E-state index is 0.484. The molecule has 0 aromatic carbocycles. The summed E-state index contributed by atoms with van der Waals surface area (Å²) in [7, 11) is 0. The molecule has 0 spiro atoms. The number of unbranched alkanes of at least 4 members (excludes halogenated alkanes) is 1. The predicted molar refractivity (Wildman–Crippen MR) is 65.6 cm³/mol. The van der Waals surface area contributed by atoms with E-state index < -0.39 is 0 Å². The van der Waals surface area contributed by atoms with Gasteiger partial charge >= 0.3 is 0 Å². The van der Waals surface area contributed by atoms with E-state index in [0.717, 1.165) is 31.3 Å². The zero-order valence-corrected chi connectivity index (χ0v) is 10.4. The molecule has 0 aliphatic carbocycles. The molecule has 1 aromatic rings. The van der Waals surface area contributed by atoms with Gasteiger partial charge in [0.2, 0.25) is 5.88 Å². The Morgan fingerprint density at radius 1 is 1.35 bits per heavy atom. The SMILES string of the molecule is CCCCOCCOc1ncc(C=O)cc1C. The van der Waals surface area contributed by atoms with Crippen molar-refractivity contribution in [1.82, 2.24) is 4.98 Å². The average molecular weight is 237 g/mol. The number of pyridine rings is 1. The monoisotopic (exact) mass is 237 g/mol. The Labute approximate surface area is 102 Å². The van der Waals surface area contributed by atoms with Crippen molar-refractivity contribution in [3.05, 3.63) is 23.4 Å². The van der Waals surface area contributed by atoms with Crippen molar-refractivity contribution in [1.29, 1.82) is 0 Å². The van der Waals surface area contributed by atoms with E-state index in [1.807, 2.05) is 6.92 Å². The summed E-state index contributed by atoms with van der Waals surface area (Å²) in [6.07, 6.45) is 4.49. The number of carbonyl (C=O) groups is 1. The number of ether oxygens (including phenoxy) is 2. The van der Waals surface area contributed by atoms with Crippen LogP contribution in [0, 0.1) is 6.92 Å². The lowest BCUT2D eigenvalue weighted by atomic mass is 10.2. The number of hydrogen-bond donors (Lipinski definition) is 0. The minimum Gasteiger partial charge on any atom is -0.475 e. The lowest BCUT2D eigenvalue weighted by molar-refractivity contribution is 0.0962. The van der Waals surface area contributed by atoms with Gasteiger partial charge in [0, 0.05) is 23.9 Å². The molecule has 0 unspecified atom stereocenters.